The van der Waals surface area contributed by atoms with Crippen LogP contribution < -0.4 is 4.74 Å². The minimum atomic E-state index is -0.538. The van der Waals surface area contributed by atoms with Crippen molar-refractivity contribution in [3.8, 4) is 16.9 Å². The lowest BCUT2D eigenvalue weighted by Gasteiger charge is -2.10. The van der Waals surface area contributed by atoms with Crippen molar-refractivity contribution in [2.24, 2.45) is 0 Å². The molecule has 0 amide bonds. The molecule has 0 radical (unpaired) electrons. The van der Waals surface area contributed by atoms with Gasteiger partial charge < -0.3 is 9.47 Å². The van der Waals surface area contributed by atoms with Gasteiger partial charge in [0.25, 0.3) is 0 Å². The molecule has 4 rings (SSSR count). The average molecular weight is 472 g/mol. The first-order valence-corrected chi connectivity index (χ1v) is 11.5. The van der Waals surface area contributed by atoms with Crippen LogP contribution >= 0.6 is 0 Å². The van der Waals surface area contributed by atoms with Crippen LogP contribution in [0.25, 0.3) is 26.9 Å². The summed E-state index contributed by atoms with van der Waals surface area (Å²) < 4.78 is 28.0. The molecule has 0 unspecified atom stereocenters. The average Bonchev–Trinajstić information content (AvgIpc) is 3.22. The Labute approximate surface area is 203 Å². The standard InChI is InChI=1S/C28H26FN3O3/c1-5-34-27(33)16-20-9-6-7-12-26(20)35-17-24-22-15-19(13-14-25(22)32(31-24)18(2)3)21-10-8-11-23(30-4)28(21)29/h6-15,18H,5,16-17H2,1-3H3. The molecule has 0 bridgehead atoms. The van der Waals surface area contributed by atoms with E-state index < -0.39 is 5.82 Å². The molecule has 0 spiro atoms. The molecule has 178 valence electrons. The van der Waals surface area contributed by atoms with Crippen molar-refractivity contribution in [2.45, 2.75) is 39.8 Å². The number of carbonyl (C=O) groups is 1. The van der Waals surface area contributed by atoms with E-state index in [1.54, 1.807) is 19.1 Å². The van der Waals surface area contributed by atoms with E-state index in [0.29, 0.717) is 29.2 Å². The molecule has 6 nitrogen and oxygen atoms in total. The Morgan fingerprint density at radius 1 is 1.14 bits per heavy atom. The van der Waals surface area contributed by atoms with Crippen molar-refractivity contribution in [1.29, 1.82) is 0 Å². The summed E-state index contributed by atoms with van der Waals surface area (Å²) in [5, 5.41) is 5.61. The summed E-state index contributed by atoms with van der Waals surface area (Å²) in [7, 11) is 0. The van der Waals surface area contributed by atoms with Crippen LogP contribution in [-0.4, -0.2) is 22.4 Å². The lowest BCUT2D eigenvalue weighted by atomic mass is 10.0. The summed E-state index contributed by atoms with van der Waals surface area (Å²) in [6, 6.07) is 17.9. The molecule has 7 heteroatoms. The van der Waals surface area contributed by atoms with Gasteiger partial charge in [0.05, 0.1) is 25.1 Å². The largest absolute Gasteiger partial charge is 0.487 e. The lowest BCUT2D eigenvalue weighted by molar-refractivity contribution is -0.142. The summed E-state index contributed by atoms with van der Waals surface area (Å²) in [5.41, 5.74) is 3.35. The van der Waals surface area contributed by atoms with Gasteiger partial charge in [-0.3, -0.25) is 9.48 Å². The van der Waals surface area contributed by atoms with Gasteiger partial charge in [-0.2, -0.15) is 5.10 Å². The number of halogens is 1. The van der Waals surface area contributed by atoms with E-state index in [1.165, 1.54) is 6.07 Å². The van der Waals surface area contributed by atoms with Crippen molar-refractivity contribution in [3.63, 3.8) is 0 Å². The topological polar surface area (TPSA) is 57.7 Å². The highest BCUT2D eigenvalue weighted by Gasteiger charge is 2.17. The minimum absolute atomic E-state index is 0.0118. The van der Waals surface area contributed by atoms with Crippen molar-refractivity contribution in [2.75, 3.05) is 6.61 Å². The quantitative estimate of drug-likeness (QED) is 0.213. The molecule has 4 aromatic rings. The zero-order chi connectivity index (χ0) is 24.9. The number of para-hydroxylation sites is 1. The fraction of sp³-hybridized carbons (Fsp3) is 0.250. The van der Waals surface area contributed by atoms with Crippen LogP contribution in [0.15, 0.2) is 60.7 Å². The van der Waals surface area contributed by atoms with E-state index in [2.05, 4.69) is 4.85 Å². The maximum Gasteiger partial charge on any atom is 0.310 e. The summed E-state index contributed by atoms with van der Waals surface area (Å²) in [4.78, 5) is 15.3. The Morgan fingerprint density at radius 2 is 1.94 bits per heavy atom. The van der Waals surface area contributed by atoms with Gasteiger partial charge in [-0.05, 0) is 44.5 Å². The molecule has 1 aromatic heterocycles. The van der Waals surface area contributed by atoms with E-state index in [9.17, 15) is 9.18 Å². The second-order valence-corrected chi connectivity index (χ2v) is 8.35. The Kier molecular flexibility index (Phi) is 7.11. The van der Waals surface area contributed by atoms with Crippen LogP contribution in [0.1, 0.15) is 38.1 Å². The number of hydrogen-bond donors (Lipinski definition) is 0. The number of aromatic nitrogens is 2. The number of fused-ring (bicyclic) bond motifs is 1. The van der Waals surface area contributed by atoms with Crippen molar-refractivity contribution < 1.29 is 18.7 Å². The Balaban J connectivity index is 1.70. The molecule has 0 N–H and O–H groups in total. The monoisotopic (exact) mass is 471 g/mol. The van der Waals surface area contributed by atoms with Crippen LogP contribution in [0.4, 0.5) is 10.1 Å². The van der Waals surface area contributed by atoms with Gasteiger partial charge in [0, 0.05) is 22.6 Å². The highest BCUT2D eigenvalue weighted by atomic mass is 19.1. The maximum atomic E-state index is 14.9. The second-order valence-electron chi connectivity index (χ2n) is 8.35. The number of ether oxygens (including phenoxy) is 2. The number of esters is 1. The first kappa shape index (κ1) is 24.0. The molecule has 1 heterocycles. The molecule has 0 saturated carbocycles. The Bertz CT molecular complexity index is 1420. The molecule has 0 atom stereocenters. The van der Waals surface area contributed by atoms with Crippen LogP contribution in [0.5, 0.6) is 5.75 Å². The van der Waals surface area contributed by atoms with Gasteiger partial charge in [0.1, 0.15) is 23.9 Å². The van der Waals surface area contributed by atoms with E-state index >= 15 is 0 Å². The zero-order valence-corrected chi connectivity index (χ0v) is 19.9. The summed E-state index contributed by atoms with van der Waals surface area (Å²) >= 11 is 0. The van der Waals surface area contributed by atoms with E-state index in [0.717, 1.165) is 16.5 Å². The maximum absolute atomic E-state index is 14.9. The van der Waals surface area contributed by atoms with Crippen molar-refractivity contribution in [1.82, 2.24) is 9.78 Å². The van der Waals surface area contributed by atoms with Gasteiger partial charge in [-0.1, -0.05) is 42.5 Å². The van der Waals surface area contributed by atoms with Gasteiger partial charge >= 0.3 is 5.97 Å². The summed E-state index contributed by atoms with van der Waals surface area (Å²) in [5.74, 6) is -0.269. The van der Waals surface area contributed by atoms with Crippen molar-refractivity contribution in [3.05, 3.63) is 89.2 Å². The fourth-order valence-corrected chi connectivity index (χ4v) is 4.01. The Morgan fingerprint density at radius 3 is 2.69 bits per heavy atom. The molecule has 35 heavy (non-hydrogen) atoms. The first-order chi connectivity index (χ1) is 16.9. The molecule has 0 aliphatic heterocycles. The molecule has 0 fully saturated rings. The summed E-state index contributed by atoms with van der Waals surface area (Å²) in [6.45, 7) is 13.6. The number of benzene rings is 3. The zero-order valence-electron chi connectivity index (χ0n) is 19.9. The normalized spacial score (nSPS) is 11.0. The van der Waals surface area contributed by atoms with Gasteiger partial charge in [-0.15, -0.1) is 0 Å². The molecule has 0 aliphatic rings. The van der Waals surface area contributed by atoms with Crippen molar-refractivity contribution >= 4 is 22.6 Å². The lowest BCUT2D eigenvalue weighted by Crippen LogP contribution is -2.09. The Hall–Kier alpha value is -4.18. The fourth-order valence-electron chi connectivity index (χ4n) is 4.01. The van der Waals surface area contributed by atoms with Crippen LogP contribution in [0.2, 0.25) is 0 Å². The van der Waals surface area contributed by atoms with Gasteiger partial charge in [0.2, 0.25) is 5.69 Å². The third kappa shape index (κ3) is 5.02. The highest BCUT2D eigenvalue weighted by Crippen LogP contribution is 2.33. The molecular formula is C28H26FN3O3. The number of rotatable bonds is 8. The SMILES string of the molecule is [C-]#[N+]c1cccc(-c2ccc3c(c2)c(COc2ccccc2CC(=O)OCC)nn3C(C)C)c1F. The number of hydrogen-bond acceptors (Lipinski definition) is 4. The van der Waals surface area contributed by atoms with Crippen LogP contribution in [0, 0.1) is 12.4 Å². The number of nitrogens with zero attached hydrogens (tertiary/aromatic N) is 3. The molecule has 0 saturated heterocycles. The predicted molar refractivity (Wildman–Crippen MR) is 133 cm³/mol. The van der Waals surface area contributed by atoms with E-state index in [4.69, 9.17) is 21.1 Å². The first-order valence-electron chi connectivity index (χ1n) is 11.5. The van der Waals surface area contributed by atoms with Gasteiger partial charge in [-0.25, -0.2) is 9.24 Å². The third-order valence-corrected chi connectivity index (χ3v) is 5.66. The third-order valence-electron chi connectivity index (χ3n) is 5.66. The minimum Gasteiger partial charge on any atom is -0.487 e. The molecule has 0 aliphatic carbocycles. The van der Waals surface area contributed by atoms with E-state index in [1.807, 2.05) is 61.0 Å². The van der Waals surface area contributed by atoms with Crippen LogP contribution in [-0.2, 0) is 22.6 Å². The molecular weight excluding hydrogens is 445 g/mol. The van der Waals surface area contributed by atoms with Crippen LogP contribution in [0.3, 0.4) is 0 Å². The highest BCUT2D eigenvalue weighted by molar-refractivity contribution is 5.88. The van der Waals surface area contributed by atoms with E-state index in [-0.39, 0.29) is 30.7 Å². The summed E-state index contributed by atoms with van der Waals surface area (Å²) in [6.07, 6.45) is 0.117. The second kappa shape index (κ2) is 10.4. The smallest absolute Gasteiger partial charge is 0.310 e. The van der Waals surface area contributed by atoms with Gasteiger partial charge in [0.15, 0.2) is 0 Å². The molecule has 3 aromatic carbocycles. The number of carbonyl (C=O) groups excluding carboxylic acids is 1. The predicted octanol–water partition coefficient (Wildman–Crippen LogP) is 6.66.